The van der Waals surface area contributed by atoms with Crippen molar-refractivity contribution in [3.63, 3.8) is 0 Å². The molecular formula is C50H60N4O2. The fourth-order valence-electron chi connectivity index (χ4n) is 10.5. The Hall–Kier alpha value is -4.15. The van der Waals surface area contributed by atoms with Gasteiger partial charge in [0.15, 0.2) is 0 Å². The topological polar surface area (TPSA) is 74.8 Å². The minimum atomic E-state index is 0.00144. The van der Waals surface area contributed by atoms with E-state index in [-0.39, 0.29) is 11.2 Å². The van der Waals surface area contributed by atoms with Gasteiger partial charge >= 0.3 is 0 Å². The van der Waals surface area contributed by atoms with Gasteiger partial charge in [-0.3, -0.25) is 0 Å². The third kappa shape index (κ3) is 7.51. The van der Waals surface area contributed by atoms with Crippen LogP contribution in [0, 0.1) is 23.2 Å². The molecule has 0 amide bonds. The molecule has 2 saturated carbocycles. The summed E-state index contributed by atoms with van der Waals surface area (Å²) >= 11 is 0. The highest BCUT2D eigenvalue weighted by Gasteiger charge is 2.45. The first kappa shape index (κ1) is 37.4. The SMILES string of the molecule is CC(C1CCC1)N1CCC2(CC1)Cc1cc(-c3ccc(C#N)cc3)ccc1O2.CC(C1CCC1)N1CCC2(CC1)Cc1cc(-c3ccc(CN)cc3)ccc1O2. The van der Waals surface area contributed by atoms with E-state index in [1.54, 1.807) is 0 Å². The molecule has 0 bridgehead atoms. The maximum atomic E-state index is 9.00. The molecule has 6 aliphatic rings. The van der Waals surface area contributed by atoms with Crippen LogP contribution in [0.15, 0.2) is 84.9 Å². The number of fused-ring (bicyclic) bond motifs is 2. The van der Waals surface area contributed by atoms with Crippen molar-refractivity contribution >= 4 is 0 Å². The molecule has 6 heteroatoms. The molecule has 4 aliphatic heterocycles. The molecule has 4 aromatic carbocycles. The van der Waals surface area contributed by atoms with E-state index >= 15 is 0 Å². The number of rotatable bonds is 7. The summed E-state index contributed by atoms with van der Waals surface area (Å²) in [6.45, 7) is 10.1. The Kier molecular flexibility index (Phi) is 10.5. The molecule has 2 atom stereocenters. The second-order valence-electron chi connectivity index (χ2n) is 18.1. The maximum absolute atomic E-state index is 9.00. The highest BCUT2D eigenvalue weighted by Crippen LogP contribution is 2.45. The Labute approximate surface area is 335 Å². The smallest absolute Gasteiger partial charge is 0.123 e. The second-order valence-corrected chi connectivity index (χ2v) is 18.1. The monoisotopic (exact) mass is 748 g/mol. The fourth-order valence-corrected chi connectivity index (χ4v) is 10.5. The summed E-state index contributed by atoms with van der Waals surface area (Å²) in [7, 11) is 0. The molecule has 6 nitrogen and oxygen atoms in total. The number of nitriles is 1. The van der Waals surface area contributed by atoms with Crippen LogP contribution in [0.4, 0.5) is 0 Å². The molecule has 0 aromatic heterocycles. The number of likely N-dealkylation sites (tertiary alicyclic amines) is 2. The standard InChI is InChI=1S/C25H32N2O.C25H28N2O/c2*1-18(20-3-2-4-20)27-13-11-25(12-14-27)16-23-15-22(9-10-24(23)28-25)21-7-5-19(17-26)6-8-21/h5-10,15,18,20H,2-4,11-14,16-17,26H2,1H3;5-10,15,18,20H,2-4,11-14,16H2,1H3. The first-order valence-corrected chi connectivity index (χ1v) is 21.7. The van der Waals surface area contributed by atoms with Crippen molar-refractivity contribution in [1.82, 2.24) is 9.80 Å². The molecule has 292 valence electrons. The van der Waals surface area contributed by atoms with E-state index in [1.807, 2.05) is 24.3 Å². The van der Waals surface area contributed by atoms with Gasteiger partial charge in [0.2, 0.25) is 0 Å². The minimum Gasteiger partial charge on any atom is -0.487 e. The van der Waals surface area contributed by atoms with E-state index in [0.717, 1.165) is 92.6 Å². The van der Waals surface area contributed by atoms with Gasteiger partial charge in [-0.1, -0.05) is 61.4 Å². The van der Waals surface area contributed by atoms with Crippen molar-refractivity contribution in [3.05, 3.63) is 107 Å². The van der Waals surface area contributed by atoms with E-state index in [0.29, 0.717) is 12.1 Å². The Morgan fingerprint density at radius 3 is 1.41 bits per heavy atom. The van der Waals surface area contributed by atoms with Crippen LogP contribution in [-0.2, 0) is 19.4 Å². The number of nitrogens with two attached hydrogens (primary N) is 1. The van der Waals surface area contributed by atoms with Gasteiger partial charge in [0, 0.05) is 83.3 Å². The lowest BCUT2D eigenvalue weighted by atomic mass is 9.78. The van der Waals surface area contributed by atoms with Crippen LogP contribution in [0.25, 0.3) is 22.3 Å². The maximum Gasteiger partial charge on any atom is 0.123 e. The summed E-state index contributed by atoms with van der Waals surface area (Å²) in [5.41, 5.74) is 15.2. The van der Waals surface area contributed by atoms with Crippen molar-refractivity contribution in [2.75, 3.05) is 26.2 Å². The molecule has 2 unspecified atom stereocenters. The number of ether oxygens (including phenoxy) is 2. The molecule has 2 N–H and O–H groups in total. The lowest BCUT2D eigenvalue weighted by Crippen LogP contribution is -2.52. The molecule has 4 fully saturated rings. The average molecular weight is 749 g/mol. The molecular weight excluding hydrogens is 689 g/mol. The van der Waals surface area contributed by atoms with Gasteiger partial charge in [0.1, 0.15) is 22.7 Å². The van der Waals surface area contributed by atoms with Crippen LogP contribution in [0.2, 0.25) is 0 Å². The Morgan fingerprint density at radius 1 is 0.625 bits per heavy atom. The van der Waals surface area contributed by atoms with Crippen molar-refractivity contribution in [3.8, 4) is 39.8 Å². The lowest BCUT2D eigenvalue weighted by molar-refractivity contribution is -0.00870. The van der Waals surface area contributed by atoms with Gasteiger partial charge in [-0.2, -0.15) is 5.26 Å². The van der Waals surface area contributed by atoms with E-state index in [9.17, 15) is 0 Å². The van der Waals surface area contributed by atoms with Gasteiger partial charge in [-0.05, 0) is 127 Å². The summed E-state index contributed by atoms with van der Waals surface area (Å²) in [4.78, 5) is 5.41. The molecule has 4 heterocycles. The minimum absolute atomic E-state index is 0.00144. The Morgan fingerprint density at radius 2 is 1.04 bits per heavy atom. The predicted molar refractivity (Wildman–Crippen MR) is 226 cm³/mol. The Balaban J connectivity index is 0.000000146. The molecule has 2 aliphatic carbocycles. The van der Waals surface area contributed by atoms with Gasteiger partial charge in [-0.15, -0.1) is 0 Å². The third-order valence-corrected chi connectivity index (χ3v) is 14.9. The number of benzene rings is 4. The molecule has 2 saturated heterocycles. The van der Waals surface area contributed by atoms with Gasteiger partial charge in [-0.25, -0.2) is 0 Å². The van der Waals surface area contributed by atoms with Crippen molar-refractivity contribution in [1.29, 1.82) is 5.26 Å². The van der Waals surface area contributed by atoms with E-state index < -0.39 is 0 Å². The zero-order valence-electron chi connectivity index (χ0n) is 33.6. The molecule has 4 aromatic rings. The zero-order valence-corrected chi connectivity index (χ0v) is 33.6. The fraction of sp³-hybridized carbons (Fsp3) is 0.500. The van der Waals surface area contributed by atoms with Crippen LogP contribution in [0.5, 0.6) is 11.5 Å². The first-order valence-electron chi connectivity index (χ1n) is 21.7. The number of piperidine rings is 2. The van der Waals surface area contributed by atoms with E-state index in [4.69, 9.17) is 20.5 Å². The quantitative estimate of drug-likeness (QED) is 0.203. The third-order valence-electron chi connectivity index (χ3n) is 14.9. The number of nitrogens with zero attached hydrogens (tertiary/aromatic N) is 3. The zero-order chi connectivity index (χ0) is 38.3. The van der Waals surface area contributed by atoms with Crippen molar-refractivity contribution in [2.45, 2.75) is 121 Å². The largest absolute Gasteiger partial charge is 0.487 e. The summed E-state index contributed by atoms with van der Waals surface area (Å²) in [6.07, 6.45) is 15.2. The molecule has 2 spiro atoms. The summed E-state index contributed by atoms with van der Waals surface area (Å²) < 4.78 is 13.1. The van der Waals surface area contributed by atoms with Crippen LogP contribution in [0.1, 0.15) is 100 Å². The van der Waals surface area contributed by atoms with E-state index in [1.165, 1.54) is 85.0 Å². The summed E-state index contributed by atoms with van der Waals surface area (Å²) in [5, 5.41) is 9.00. The lowest BCUT2D eigenvalue weighted by Gasteiger charge is -2.45. The van der Waals surface area contributed by atoms with Gasteiger partial charge < -0.3 is 25.0 Å². The predicted octanol–water partition coefficient (Wildman–Crippen LogP) is 9.95. The molecule has 56 heavy (non-hydrogen) atoms. The van der Waals surface area contributed by atoms with Crippen LogP contribution >= 0.6 is 0 Å². The number of hydrogen-bond donors (Lipinski definition) is 1. The summed E-state index contributed by atoms with van der Waals surface area (Å²) in [5.74, 6) is 4.02. The van der Waals surface area contributed by atoms with Gasteiger partial charge in [0.25, 0.3) is 0 Å². The summed E-state index contributed by atoms with van der Waals surface area (Å²) in [6, 6.07) is 33.4. The van der Waals surface area contributed by atoms with Crippen LogP contribution in [0.3, 0.4) is 0 Å². The average Bonchev–Trinajstić information content (AvgIpc) is 3.73. The normalized spacial score (nSPS) is 22.3. The van der Waals surface area contributed by atoms with Crippen molar-refractivity contribution < 1.29 is 9.47 Å². The van der Waals surface area contributed by atoms with Crippen LogP contribution < -0.4 is 15.2 Å². The highest BCUT2D eigenvalue weighted by atomic mass is 16.5. The first-order chi connectivity index (χ1) is 27.3. The molecule has 0 radical (unpaired) electrons. The van der Waals surface area contributed by atoms with E-state index in [2.05, 4.69) is 90.4 Å². The second kappa shape index (κ2) is 15.7. The van der Waals surface area contributed by atoms with Crippen LogP contribution in [-0.4, -0.2) is 59.3 Å². The van der Waals surface area contributed by atoms with Gasteiger partial charge in [0.05, 0.1) is 11.6 Å². The molecule has 10 rings (SSSR count). The highest BCUT2D eigenvalue weighted by molar-refractivity contribution is 5.68. The number of hydrogen-bond acceptors (Lipinski definition) is 6. The van der Waals surface area contributed by atoms with Crippen molar-refractivity contribution in [2.24, 2.45) is 17.6 Å². The Bertz CT molecular complexity index is 2030.